The molecule has 0 spiro atoms. The Morgan fingerprint density at radius 1 is 0.313 bits per heavy atom. The van der Waals surface area contributed by atoms with Gasteiger partial charge in [0, 0.05) is 19.3 Å². The molecule has 0 aromatic carbocycles. The Kier molecular flexibility index (Phi) is 53.8. The molecule has 0 aliphatic carbocycles. The Hall–Kier alpha value is -2.63. The lowest BCUT2D eigenvalue weighted by Gasteiger charge is -2.18. The van der Waals surface area contributed by atoms with Gasteiger partial charge in [0.05, 0.1) is 0 Å². The van der Waals surface area contributed by atoms with Crippen LogP contribution in [0, 0.1) is 0 Å². The van der Waals surface area contributed by atoms with Crippen LogP contribution in [0.1, 0.15) is 303 Å². The van der Waals surface area contributed by atoms with Gasteiger partial charge in [-0.2, -0.15) is 0 Å². The predicted octanol–water partition coefficient (Wildman–Crippen LogP) is 19.4. The van der Waals surface area contributed by atoms with Gasteiger partial charge in [-0.1, -0.05) is 256 Å². The van der Waals surface area contributed by atoms with Crippen LogP contribution in [0.5, 0.6) is 0 Å². The van der Waals surface area contributed by atoms with Crippen molar-refractivity contribution in [3.63, 3.8) is 0 Å². The van der Waals surface area contributed by atoms with E-state index >= 15 is 0 Å². The van der Waals surface area contributed by atoms with Crippen molar-refractivity contribution in [3.05, 3.63) is 48.6 Å². The van der Waals surface area contributed by atoms with Gasteiger partial charge in [-0.25, -0.2) is 0 Å². The van der Waals surface area contributed by atoms with Gasteiger partial charge in [0.2, 0.25) is 0 Å². The number of rotatable bonds is 53. The largest absolute Gasteiger partial charge is 0.462 e. The first-order valence-corrected chi connectivity index (χ1v) is 29.1. The van der Waals surface area contributed by atoms with Gasteiger partial charge in [0.25, 0.3) is 0 Å². The third-order valence-corrected chi connectivity index (χ3v) is 12.8. The zero-order valence-corrected chi connectivity index (χ0v) is 44.7. The van der Waals surface area contributed by atoms with Crippen molar-refractivity contribution >= 4 is 17.9 Å². The average Bonchev–Trinajstić information content (AvgIpc) is 3.33. The van der Waals surface area contributed by atoms with E-state index in [9.17, 15) is 14.4 Å². The summed E-state index contributed by atoms with van der Waals surface area (Å²) in [6.07, 6.45) is 68.2. The van der Waals surface area contributed by atoms with Crippen molar-refractivity contribution in [2.75, 3.05) is 13.2 Å². The van der Waals surface area contributed by atoms with Crippen LogP contribution in [-0.4, -0.2) is 37.2 Å². The van der Waals surface area contributed by atoms with E-state index in [1.807, 2.05) is 0 Å². The van der Waals surface area contributed by atoms with Gasteiger partial charge in [-0.15, -0.1) is 0 Å². The number of carbonyl (C=O) groups is 3. The van der Waals surface area contributed by atoms with Crippen molar-refractivity contribution in [2.45, 2.75) is 309 Å². The van der Waals surface area contributed by atoms with Crippen molar-refractivity contribution in [1.29, 1.82) is 0 Å². The van der Waals surface area contributed by atoms with E-state index in [2.05, 4.69) is 69.4 Å². The zero-order valence-electron chi connectivity index (χ0n) is 44.7. The normalized spacial score (nSPS) is 12.3. The minimum Gasteiger partial charge on any atom is -0.462 e. The summed E-state index contributed by atoms with van der Waals surface area (Å²) in [6, 6.07) is 0. The lowest BCUT2D eigenvalue weighted by atomic mass is 10.0. The summed E-state index contributed by atoms with van der Waals surface area (Å²) in [7, 11) is 0. The monoisotopic (exact) mass is 939 g/mol. The summed E-state index contributed by atoms with van der Waals surface area (Å²) in [4.78, 5) is 38.2. The smallest absolute Gasteiger partial charge is 0.306 e. The molecule has 0 rings (SSSR count). The Morgan fingerprint density at radius 3 is 0.925 bits per heavy atom. The maximum Gasteiger partial charge on any atom is 0.306 e. The number of carbonyl (C=O) groups excluding carboxylic acids is 3. The molecule has 390 valence electrons. The third kappa shape index (κ3) is 54.2. The Morgan fingerprint density at radius 2 is 0.582 bits per heavy atom. The van der Waals surface area contributed by atoms with E-state index in [0.717, 1.165) is 109 Å². The quantitative estimate of drug-likeness (QED) is 0.0262. The number of allylic oxidation sites excluding steroid dienone is 8. The van der Waals surface area contributed by atoms with E-state index in [4.69, 9.17) is 14.2 Å². The molecule has 0 bridgehead atoms. The summed E-state index contributed by atoms with van der Waals surface area (Å²) in [5.41, 5.74) is 0. The van der Waals surface area contributed by atoms with Crippen molar-refractivity contribution in [2.24, 2.45) is 0 Å². The van der Waals surface area contributed by atoms with Crippen LogP contribution >= 0.6 is 0 Å². The van der Waals surface area contributed by atoms with Gasteiger partial charge < -0.3 is 14.2 Å². The molecule has 0 amide bonds. The molecular weight excluding hydrogens is 829 g/mol. The van der Waals surface area contributed by atoms with Gasteiger partial charge in [0.15, 0.2) is 6.10 Å². The van der Waals surface area contributed by atoms with E-state index in [0.29, 0.717) is 19.3 Å². The molecule has 0 aromatic rings. The van der Waals surface area contributed by atoms with Crippen molar-refractivity contribution in [3.8, 4) is 0 Å². The number of hydrogen-bond acceptors (Lipinski definition) is 6. The molecule has 0 aliphatic heterocycles. The van der Waals surface area contributed by atoms with Crippen LogP contribution in [0.15, 0.2) is 48.6 Å². The molecule has 1 atom stereocenters. The first-order chi connectivity index (χ1) is 33.0. The SMILES string of the molecule is CC/C=C\C/C=C\C/C=C\CCCCCCCC(=O)OC[C@H](COC(=O)CCCCCCCCCCCCCCCCCCCCC)OC(=O)CCCCCCC/C=C\CCCCCCCC. The van der Waals surface area contributed by atoms with Gasteiger partial charge in [-0.05, 0) is 77.0 Å². The first kappa shape index (κ1) is 64.4. The molecule has 0 aromatic heterocycles. The first-order valence-electron chi connectivity index (χ1n) is 29.1. The van der Waals surface area contributed by atoms with Crippen LogP contribution in [0.2, 0.25) is 0 Å². The minimum atomic E-state index is -0.782. The van der Waals surface area contributed by atoms with E-state index < -0.39 is 6.10 Å². The van der Waals surface area contributed by atoms with Gasteiger partial charge in [-0.3, -0.25) is 14.4 Å². The highest BCUT2D eigenvalue weighted by atomic mass is 16.6. The zero-order chi connectivity index (χ0) is 48.6. The topological polar surface area (TPSA) is 78.9 Å². The van der Waals surface area contributed by atoms with Gasteiger partial charge >= 0.3 is 17.9 Å². The molecule has 0 radical (unpaired) electrons. The standard InChI is InChI=1S/C61H110O6/c1-4-7-10-13-16-19-22-25-28-29-30-31-34-36-39-42-45-48-51-54-60(63)66-57-58(67-61(64)55-52-49-46-43-40-37-33-27-24-21-18-15-12-9-6-3)56-65-59(62)53-50-47-44-41-38-35-32-26-23-20-17-14-11-8-5-2/h8,11,17,20,26-27,32-33,58H,4-7,9-10,12-16,18-19,21-25,28-31,34-57H2,1-3H3/b11-8-,20-17-,32-26-,33-27-/t58-/m1/s1. The molecular formula is C61H110O6. The molecule has 0 unspecified atom stereocenters. The molecule has 0 N–H and O–H groups in total. The second kappa shape index (κ2) is 56.0. The fourth-order valence-electron chi connectivity index (χ4n) is 8.45. The lowest BCUT2D eigenvalue weighted by Crippen LogP contribution is -2.30. The summed E-state index contributed by atoms with van der Waals surface area (Å²) in [6.45, 7) is 6.54. The summed E-state index contributed by atoms with van der Waals surface area (Å²) < 4.78 is 16.9. The van der Waals surface area contributed by atoms with Gasteiger partial charge in [0.1, 0.15) is 13.2 Å². The number of unbranched alkanes of at least 4 members (excludes halogenated alkanes) is 34. The predicted molar refractivity (Wildman–Crippen MR) is 289 cm³/mol. The minimum absolute atomic E-state index is 0.0790. The molecule has 6 nitrogen and oxygen atoms in total. The molecule has 0 fully saturated rings. The fraction of sp³-hybridized carbons (Fsp3) is 0.820. The summed E-state index contributed by atoms with van der Waals surface area (Å²) in [5.74, 6) is -0.890. The van der Waals surface area contributed by atoms with E-state index in [-0.39, 0.29) is 31.1 Å². The van der Waals surface area contributed by atoms with E-state index in [1.54, 1.807) is 0 Å². The van der Waals surface area contributed by atoms with E-state index in [1.165, 1.54) is 154 Å². The second-order valence-corrected chi connectivity index (χ2v) is 19.5. The maximum absolute atomic E-state index is 12.8. The molecule has 0 aliphatic rings. The highest BCUT2D eigenvalue weighted by Gasteiger charge is 2.19. The van der Waals surface area contributed by atoms with Crippen LogP contribution in [0.25, 0.3) is 0 Å². The molecule has 0 saturated carbocycles. The van der Waals surface area contributed by atoms with Crippen LogP contribution in [0.4, 0.5) is 0 Å². The lowest BCUT2D eigenvalue weighted by molar-refractivity contribution is -0.167. The molecule has 6 heteroatoms. The van der Waals surface area contributed by atoms with Crippen molar-refractivity contribution < 1.29 is 28.6 Å². The summed E-state index contributed by atoms with van der Waals surface area (Å²) >= 11 is 0. The van der Waals surface area contributed by atoms with Crippen LogP contribution < -0.4 is 0 Å². The molecule has 67 heavy (non-hydrogen) atoms. The van der Waals surface area contributed by atoms with Crippen molar-refractivity contribution in [1.82, 2.24) is 0 Å². The molecule has 0 saturated heterocycles. The van der Waals surface area contributed by atoms with Crippen LogP contribution in [-0.2, 0) is 28.6 Å². The highest BCUT2D eigenvalue weighted by Crippen LogP contribution is 2.16. The Labute approximate surface area is 416 Å². The second-order valence-electron chi connectivity index (χ2n) is 19.5. The Bertz CT molecular complexity index is 1170. The van der Waals surface area contributed by atoms with Crippen LogP contribution in [0.3, 0.4) is 0 Å². The third-order valence-electron chi connectivity index (χ3n) is 12.8. The molecule has 0 heterocycles. The highest BCUT2D eigenvalue weighted by molar-refractivity contribution is 5.71. The fourth-order valence-corrected chi connectivity index (χ4v) is 8.45. The average molecular weight is 940 g/mol. The number of esters is 3. The maximum atomic E-state index is 12.8. The number of hydrogen-bond donors (Lipinski definition) is 0. The Balaban J connectivity index is 4.35. The summed E-state index contributed by atoms with van der Waals surface area (Å²) in [5, 5.41) is 0. The number of ether oxygens (including phenoxy) is 3.